The number of hydrogen-bond donors (Lipinski definition) is 2. The number of aliphatic hydroxyl groups is 1. The lowest BCUT2D eigenvalue weighted by molar-refractivity contribution is 0.177. The van der Waals surface area contributed by atoms with Crippen molar-refractivity contribution in [2.75, 3.05) is 6.61 Å². The summed E-state index contributed by atoms with van der Waals surface area (Å²) in [6.07, 6.45) is 0.990. The molecule has 0 amide bonds. The zero-order chi connectivity index (χ0) is 12.2. The summed E-state index contributed by atoms with van der Waals surface area (Å²) in [6.45, 7) is 8.43. The Morgan fingerprint density at radius 3 is 2.31 bits per heavy atom. The van der Waals surface area contributed by atoms with Gasteiger partial charge < -0.3 is 10.4 Å². The van der Waals surface area contributed by atoms with Gasteiger partial charge in [-0.25, -0.2) is 0 Å². The number of rotatable bonds is 5. The zero-order valence-corrected chi connectivity index (χ0v) is 10.7. The molecule has 0 aromatic heterocycles. The van der Waals surface area contributed by atoms with Crippen LogP contribution < -0.4 is 5.32 Å². The standard InChI is InChI=1S/C14H23NO/c1-11-5-7-13(8-6-11)9-12(2)15-14(3,4)10-16/h5-8,12,15-16H,9-10H2,1-4H3. The Balaban J connectivity index is 2.51. The van der Waals surface area contributed by atoms with Gasteiger partial charge in [0.25, 0.3) is 0 Å². The molecule has 1 aromatic carbocycles. The Labute approximate surface area is 98.7 Å². The van der Waals surface area contributed by atoms with E-state index in [0.29, 0.717) is 6.04 Å². The molecule has 1 atom stereocenters. The molecule has 0 aliphatic heterocycles. The third-order valence-electron chi connectivity index (χ3n) is 2.69. The first kappa shape index (κ1) is 13.2. The lowest BCUT2D eigenvalue weighted by atomic mass is 10.0. The monoisotopic (exact) mass is 221 g/mol. The lowest BCUT2D eigenvalue weighted by Crippen LogP contribution is -2.48. The van der Waals surface area contributed by atoms with E-state index in [2.05, 4.69) is 43.4 Å². The van der Waals surface area contributed by atoms with Crippen LogP contribution in [0.25, 0.3) is 0 Å². The van der Waals surface area contributed by atoms with Crippen molar-refractivity contribution < 1.29 is 5.11 Å². The Morgan fingerprint density at radius 2 is 1.81 bits per heavy atom. The predicted octanol–water partition coefficient (Wildman–Crippen LogP) is 2.29. The molecule has 2 N–H and O–H groups in total. The molecule has 1 rings (SSSR count). The third kappa shape index (κ3) is 4.33. The second-order valence-corrected chi connectivity index (χ2v) is 5.28. The van der Waals surface area contributed by atoms with Crippen LogP contribution in [0.15, 0.2) is 24.3 Å². The first-order valence-electron chi connectivity index (χ1n) is 5.87. The molecule has 0 saturated carbocycles. The van der Waals surface area contributed by atoms with E-state index < -0.39 is 0 Å². The minimum Gasteiger partial charge on any atom is -0.394 e. The van der Waals surface area contributed by atoms with Crippen LogP contribution in [-0.4, -0.2) is 23.3 Å². The third-order valence-corrected chi connectivity index (χ3v) is 2.69. The summed E-state index contributed by atoms with van der Waals surface area (Å²) in [5.74, 6) is 0. The van der Waals surface area contributed by atoms with E-state index in [4.69, 9.17) is 0 Å². The highest BCUT2D eigenvalue weighted by Crippen LogP contribution is 2.09. The van der Waals surface area contributed by atoms with Gasteiger partial charge in [0.05, 0.1) is 6.61 Å². The number of nitrogens with one attached hydrogen (secondary N) is 1. The number of aliphatic hydroxyl groups excluding tert-OH is 1. The van der Waals surface area contributed by atoms with Gasteiger partial charge in [-0.1, -0.05) is 29.8 Å². The summed E-state index contributed by atoms with van der Waals surface area (Å²) in [6, 6.07) is 8.97. The van der Waals surface area contributed by atoms with E-state index in [1.807, 2.05) is 13.8 Å². The van der Waals surface area contributed by atoms with E-state index in [9.17, 15) is 5.11 Å². The van der Waals surface area contributed by atoms with Crippen molar-refractivity contribution in [3.8, 4) is 0 Å². The first-order valence-corrected chi connectivity index (χ1v) is 5.87. The fourth-order valence-corrected chi connectivity index (χ4v) is 1.84. The molecule has 16 heavy (non-hydrogen) atoms. The van der Waals surface area contributed by atoms with Crippen molar-refractivity contribution in [3.63, 3.8) is 0 Å². The zero-order valence-electron chi connectivity index (χ0n) is 10.7. The van der Waals surface area contributed by atoms with Crippen LogP contribution in [0.3, 0.4) is 0 Å². The Bertz CT molecular complexity index is 316. The highest BCUT2D eigenvalue weighted by atomic mass is 16.3. The first-order chi connectivity index (χ1) is 7.43. The molecule has 0 bridgehead atoms. The van der Waals surface area contributed by atoms with Crippen LogP contribution >= 0.6 is 0 Å². The summed E-state index contributed by atoms with van der Waals surface area (Å²) >= 11 is 0. The van der Waals surface area contributed by atoms with E-state index in [1.165, 1.54) is 11.1 Å². The van der Waals surface area contributed by atoms with Crippen LogP contribution in [0.2, 0.25) is 0 Å². The fourth-order valence-electron chi connectivity index (χ4n) is 1.84. The van der Waals surface area contributed by atoms with E-state index in [-0.39, 0.29) is 12.1 Å². The summed E-state index contributed by atoms with van der Waals surface area (Å²) in [5.41, 5.74) is 2.42. The SMILES string of the molecule is Cc1ccc(CC(C)NC(C)(C)CO)cc1. The Morgan fingerprint density at radius 1 is 1.25 bits per heavy atom. The highest BCUT2D eigenvalue weighted by molar-refractivity contribution is 5.22. The second-order valence-electron chi connectivity index (χ2n) is 5.28. The number of hydrogen-bond acceptors (Lipinski definition) is 2. The van der Waals surface area contributed by atoms with Crippen molar-refractivity contribution in [1.82, 2.24) is 5.32 Å². The molecule has 0 saturated heterocycles. The van der Waals surface area contributed by atoms with Gasteiger partial charge in [0.2, 0.25) is 0 Å². The molecular weight excluding hydrogens is 198 g/mol. The van der Waals surface area contributed by atoms with Gasteiger partial charge in [-0.15, -0.1) is 0 Å². The molecule has 1 aromatic rings. The maximum Gasteiger partial charge on any atom is 0.0607 e. The largest absolute Gasteiger partial charge is 0.394 e. The van der Waals surface area contributed by atoms with Gasteiger partial charge in [-0.2, -0.15) is 0 Å². The molecule has 0 aliphatic rings. The summed E-state index contributed by atoms with van der Waals surface area (Å²) in [4.78, 5) is 0. The molecule has 2 nitrogen and oxygen atoms in total. The van der Waals surface area contributed by atoms with Crippen molar-refractivity contribution in [2.24, 2.45) is 0 Å². The number of aryl methyl sites for hydroxylation is 1. The van der Waals surface area contributed by atoms with Gasteiger partial charge in [0, 0.05) is 11.6 Å². The quantitative estimate of drug-likeness (QED) is 0.799. The van der Waals surface area contributed by atoms with Crippen LogP contribution in [-0.2, 0) is 6.42 Å². The van der Waals surface area contributed by atoms with Crippen molar-refractivity contribution in [3.05, 3.63) is 35.4 Å². The highest BCUT2D eigenvalue weighted by Gasteiger charge is 2.18. The summed E-state index contributed by atoms with van der Waals surface area (Å²) in [7, 11) is 0. The van der Waals surface area contributed by atoms with Crippen LogP contribution in [0, 0.1) is 6.92 Å². The molecular formula is C14H23NO. The lowest BCUT2D eigenvalue weighted by Gasteiger charge is -2.28. The average molecular weight is 221 g/mol. The summed E-state index contributed by atoms with van der Waals surface area (Å²) < 4.78 is 0. The fraction of sp³-hybridized carbons (Fsp3) is 0.571. The minimum absolute atomic E-state index is 0.158. The normalized spacial score (nSPS) is 13.8. The maximum atomic E-state index is 9.18. The van der Waals surface area contributed by atoms with Crippen molar-refractivity contribution in [2.45, 2.75) is 45.7 Å². The maximum absolute atomic E-state index is 9.18. The van der Waals surface area contributed by atoms with Crippen LogP contribution in [0.1, 0.15) is 31.9 Å². The van der Waals surface area contributed by atoms with Crippen LogP contribution in [0.4, 0.5) is 0 Å². The van der Waals surface area contributed by atoms with Gasteiger partial charge in [0.1, 0.15) is 0 Å². The smallest absolute Gasteiger partial charge is 0.0607 e. The van der Waals surface area contributed by atoms with Crippen LogP contribution in [0.5, 0.6) is 0 Å². The molecule has 1 unspecified atom stereocenters. The average Bonchev–Trinajstić information content (AvgIpc) is 2.21. The van der Waals surface area contributed by atoms with Gasteiger partial charge >= 0.3 is 0 Å². The topological polar surface area (TPSA) is 32.3 Å². The second kappa shape index (κ2) is 5.46. The van der Waals surface area contributed by atoms with Crippen molar-refractivity contribution >= 4 is 0 Å². The minimum atomic E-state index is -0.204. The molecule has 0 spiro atoms. The summed E-state index contributed by atoms with van der Waals surface area (Å²) in [5, 5.41) is 12.6. The molecule has 90 valence electrons. The van der Waals surface area contributed by atoms with E-state index >= 15 is 0 Å². The molecule has 0 radical (unpaired) electrons. The Kier molecular flexibility index (Phi) is 4.51. The van der Waals surface area contributed by atoms with E-state index in [1.54, 1.807) is 0 Å². The van der Waals surface area contributed by atoms with Gasteiger partial charge in [-0.3, -0.25) is 0 Å². The molecule has 0 heterocycles. The molecule has 2 heteroatoms. The van der Waals surface area contributed by atoms with Gasteiger partial charge in [-0.05, 0) is 39.7 Å². The van der Waals surface area contributed by atoms with Crippen molar-refractivity contribution in [1.29, 1.82) is 0 Å². The molecule has 0 fully saturated rings. The number of benzene rings is 1. The molecule has 0 aliphatic carbocycles. The predicted molar refractivity (Wildman–Crippen MR) is 68.6 cm³/mol. The van der Waals surface area contributed by atoms with E-state index in [0.717, 1.165) is 6.42 Å². The van der Waals surface area contributed by atoms with Gasteiger partial charge in [0.15, 0.2) is 0 Å². The Hall–Kier alpha value is -0.860.